The predicted octanol–water partition coefficient (Wildman–Crippen LogP) is 5.26. The van der Waals surface area contributed by atoms with Crippen molar-refractivity contribution in [2.24, 2.45) is 0 Å². The van der Waals surface area contributed by atoms with Crippen LogP contribution in [0.5, 0.6) is 0 Å². The van der Waals surface area contributed by atoms with Gasteiger partial charge in [-0.15, -0.1) is 5.10 Å². The molecule has 0 aliphatic carbocycles. The number of benzene rings is 3. The zero-order chi connectivity index (χ0) is 27.6. The first-order valence-electron chi connectivity index (χ1n) is 12.1. The Morgan fingerprint density at radius 1 is 0.850 bits per heavy atom. The molecule has 0 spiro atoms. The molecule has 0 bridgehead atoms. The molecule has 40 heavy (non-hydrogen) atoms. The fraction of sp³-hybridized carbons (Fsp3) is 0.0357. The van der Waals surface area contributed by atoms with Crippen molar-refractivity contribution in [1.29, 1.82) is 0 Å². The van der Waals surface area contributed by atoms with E-state index in [0.717, 1.165) is 27.9 Å². The standard InChI is InChI=1S/C28H19N7O4S/c36-27-25(15-20-16-33(22-9-5-2-6-10-22)30-26(20)19-7-3-1-4-8-19)40-28(37)32(27)17-21-18-34(31-29-21)23-11-13-24(14-12-23)35(38)39/h1-16,18H,17H2/b25-15-. The van der Waals surface area contributed by atoms with Crippen LogP contribution in [0.15, 0.2) is 102 Å². The summed E-state index contributed by atoms with van der Waals surface area (Å²) < 4.78 is 3.17. The number of rotatable bonds is 7. The Morgan fingerprint density at radius 3 is 2.23 bits per heavy atom. The average molecular weight is 550 g/mol. The van der Waals surface area contributed by atoms with Crippen LogP contribution in [0, 0.1) is 10.1 Å². The highest BCUT2D eigenvalue weighted by Gasteiger charge is 2.36. The quantitative estimate of drug-likeness (QED) is 0.153. The van der Waals surface area contributed by atoms with Crippen molar-refractivity contribution in [3.63, 3.8) is 0 Å². The molecule has 2 amide bonds. The molecule has 12 heteroatoms. The summed E-state index contributed by atoms with van der Waals surface area (Å²) in [6.45, 7) is -0.0657. The lowest BCUT2D eigenvalue weighted by Gasteiger charge is -2.09. The summed E-state index contributed by atoms with van der Waals surface area (Å²) in [6.07, 6.45) is 5.10. The van der Waals surface area contributed by atoms with Crippen LogP contribution in [0.3, 0.4) is 0 Å². The molecule has 1 saturated heterocycles. The minimum atomic E-state index is -0.487. The number of hydrogen-bond donors (Lipinski definition) is 0. The maximum Gasteiger partial charge on any atom is 0.293 e. The van der Waals surface area contributed by atoms with Crippen molar-refractivity contribution in [3.8, 4) is 22.6 Å². The third kappa shape index (κ3) is 4.90. The molecule has 1 aliphatic heterocycles. The van der Waals surface area contributed by atoms with Gasteiger partial charge in [0, 0.05) is 29.5 Å². The van der Waals surface area contributed by atoms with Gasteiger partial charge in [0.2, 0.25) is 0 Å². The van der Waals surface area contributed by atoms with Crippen molar-refractivity contribution in [3.05, 3.63) is 124 Å². The summed E-state index contributed by atoms with van der Waals surface area (Å²) in [6, 6.07) is 25.1. The van der Waals surface area contributed by atoms with Gasteiger partial charge in [0.1, 0.15) is 5.69 Å². The third-order valence-electron chi connectivity index (χ3n) is 6.16. The number of non-ortho nitro benzene ring substituents is 1. The summed E-state index contributed by atoms with van der Waals surface area (Å²) in [5, 5.41) is 23.3. The van der Waals surface area contributed by atoms with Crippen molar-refractivity contribution < 1.29 is 14.5 Å². The van der Waals surface area contributed by atoms with Gasteiger partial charge in [-0.1, -0.05) is 53.7 Å². The highest BCUT2D eigenvalue weighted by Crippen LogP contribution is 2.35. The molecule has 5 aromatic rings. The highest BCUT2D eigenvalue weighted by molar-refractivity contribution is 8.18. The molecule has 1 aliphatic rings. The van der Waals surface area contributed by atoms with Gasteiger partial charge in [-0.3, -0.25) is 24.6 Å². The molecule has 196 valence electrons. The molecule has 2 aromatic heterocycles. The van der Waals surface area contributed by atoms with E-state index in [1.807, 2.05) is 66.9 Å². The Bertz CT molecular complexity index is 1760. The number of carbonyl (C=O) groups is 2. The fourth-order valence-corrected chi connectivity index (χ4v) is 5.02. The Balaban J connectivity index is 1.26. The van der Waals surface area contributed by atoms with Gasteiger partial charge in [-0.2, -0.15) is 5.10 Å². The summed E-state index contributed by atoms with van der Waals surface area (Å²) in [4.78, 5) is 37.9. The molecular weight excluding hydrogens is 530 g/mol. The third-order valence-corrected chi connectivity index (χ3v) is 7.06. The number of thioether (sulfide) groups is 1. The van der Waals surface area contributed by atoms with Crippen LogP contribution >= 0.6 is 11.8 Å². The zero-order valence-corrected chi connectivity index (χ0v) is 21.5. The van der Waals surface area contributed by atoms with Gasteiger partial charge in [-0.05, 0) is 42.1 Å². The van der Waals surface area contributed by atoms with Gasteiger partial charge in [0.15, 0.2) is 0 Å². The number of hydrogen-bond acceptors (Lipinski definition) is 8. The Kier molecular flexibility index (Phi) is 6.50. The molecule has 0 atom stereocenters. The molecule has 3 heterocycles. The molecule has 3 aromatic carbocycles. The number of aromatic nitrogens is 5. The molecule has 0 unspecified atom stereocenters. The Morgan fingerprint density at radius 2 is 1.52 bits per heavy atom. The van der Waals surface area contributed by atoms with Gasteiger partial charge >= 0.3 is 0 Å². The second-order valence-electron chi connectivity index (χ2n) is 8.78. The predicted molar refractivity (Wildman–Crippen MR) is 149 cm³/mol. The second kappa shape index (κ2) is 10.4. The van der Waals surface area contributed by atoms with Gasteiger partial charge in [-0.25, -0.2) is 9.36 Å². The molecule has 0 saturated carbocycles. The number of nitrogens with zero attached hydrogens (tertiary/aromatic N) is 7. The first-order chi connectivity index (χ1) is 19.5. The summed E-state index contributed by atoms with van der Waals surface area (Å²) >= 11 is 0.855. The van der Waals surface area contributed by atoms with Crippen LogP contribution in [0.25, 0.3) is 28.7 Å². The number of nitro groups is 1. The number of nitro benzene ring substituents is 1. The fourth-order valence-electron chi connectivity index (χ4n) is 4.19. The van der Waals surface area contributed by atoms with Crippen LogP contribution in [0.4, 0.5) is 10.5 Å². The van der Waals surface area contributed by atoms with Crippen LogP contribution < -0.4 is 0 Å². The molecule has 0 radical (unpaired) electrons. The summed E-state index contributed by atoms with van der Waals surface area (Å²) in [7, 11) is 0. The van der Waals surface area contributed by atoms with E-state index in [0.29, 0.717) is 22.6 Å². The first-order valence-corrected chi connectivity index (χ1v) is 12.9. The van der Waals surface area contributed by atoms with Crippen LogP contribution in [0.1, 0.15) is 11.3 Å². The van der Waals surface area contributed by atoms with Crippen LogP contribution in [0.2, 0.25) is 0 Å². The number of para-hydroxylation sites is 1. The smallest absolute Gasteiger partial charge is 0.268 e. The molecular formula is C28H19N7O4S. The lowest BCUT2D eigenvalue weighted by Crippen LogP contribution is -2.27. The average Bonchev–Trinajstić information content (AvgIpc) is 3.69. The molecule has 1 fully saturated rings. The monoisotopic (exact) mass is 549 g/mol. The van der Waals surface area contributed by atoms with E-state index in [4.69, 9.17) is 5.10 Å². The first kappa shape index (κ1) is 24.9. The molecule has 11 nitrogen and oxygen atoms in total. The summed E-state index contributed by atoms with van der Waals surface area (Å²) in [5.74, 6) is -0.439. The largest absolute Gasteiger partial charge is 0.293 e. The van der Waals surface area contributed by atoms with Crippen molar-refractivity contribution in [2.75, 3.05) is 0 Å². The van der Waals surface area contributed by atoms with Gasteiger partial charge in [0.05, 0.1) is 39.6 Å². The van der Waals surface area contributed by atoms with E-state index >= 15 is 0 Å². The lowest BCUT2D eigenvalue weighted by atomic mass is 10.1. The SMILES string of the molecule is O=C1S/C(=C\c2cn(-c3ccccc3)nc2-c2ccccc2)C(=O)N1Cc1cn(-c2ccc([N+](=O)[O-])cc2)nn1. The maximum absolute atomic E-state index is 13.3. The van der Waals surface area contributed by atoms with Crippen LogP contribution in [-0.2, 0) is 11.3 Å². The lowest BCUT2D eigenvalue weighted by molar-refractivity contribution is -0.384. The van der Waals surface area contributed by atoms with Crippen molar-refractivity contribution in [1.82, 2.24) is 29.7 Å². The van der Waals surface area contributed by atoms with E-state index in [1.165, 1.54) is 16.8 Å². The minimum Gasteiger partial charge on any atom is -0.268 e. The van der Waals surface area contributed by atoms with Gasteiger partial charge < -0.3 is 0 Å². The van der Waals surface area contributed by atoms with E-state index in [-0.39, 0.29) is 17.1 Å². The van der Waals surface area contributed by atoms with E-state index in [2.05, 4.69) is 10.3 Å². The van der Waals surface area contributed by atoms with Crippen molar-refractivity contribution >= 4 is 34.7 Å². The van der Waals surface area contributed by atoms with Crippen LogP contribution in [-0.4, -0.2) is 45.7 Å². The molecule has 0 N–H and O–H groups in total. The minimum absolute atomic E-state index is 0.0431. The Labute approximate surface area is 231 Å². The highest BCUT2D eigenvalue weighted by atomic mass is 32.2. The second-order valence-corrected chi connectivity index (χ2v) is 9.77. The van der Waals surface area contributed by atoms with Crippen molar-refractivity contribution in [2.45, 2.75) is 6.54 Å². The van der Waals surface area contributed by atoms with E-state index in [9.17, 15) is 19.7 Å². The van der Waals surface area contributed by atoms with E-state index < -0.39 is 16.1 Å². The topological polar surface area (TPSA) is 129 Å². The number of amides is 2. The maximum atomic E-state index is 13.3. The summed E-state index contributed by atoms with van der Waals surface area (Å²) in [5.41, 5.74) is 4.03. The normalized spacial score (nSPS) is 14.3. The Hall–Kier alpha value is -5.36. The molecule has 6 rings (SSSR count). The zero-order valence-electron chi connectivity index (χ0n) is 20.7. The number of imide groups is 1. The van der Waals surface area contributed by atoms with Gasteiger partial charge in [0.25, 0.3) is 16.8 Å². The van der Waals surface area contributed by atoms with E-state index in [1.54, 1.807) is 29.1 Å². The number of carbonyl (C=O) groups excluding carboxylic acids is 2.